The summed E-state index contributed by atoms with van der Waals surface area (Å²) >= 11 is 0. The summed E-state index contributed by atoms with van der Waals surface area (Å²) in [5, 5.41) is 9.63. The van der Waals surface area contributed by atoms with Gasteiger partial charge in [-0.15, -0.1) is 11.8 Å². The molecule has 1 N–H and O–H groups in total. The Kier molecular flexibility index (Phi) is 6.34. The van der Waals surface area contributed by atoms with Crippen LogP contribution in [-0.4, -0.2) is 19.3 Å². The normalized spacial score (nSPS) is 14.4. The quantitative estimate of drug-likeness (QED) is 0.628. The fourth-order valence-corrected chi connectivity index (χ4v) is 2.65. The number of aliphatic hydroxyl groups excluding tert-OH is 1. The third kappa shape index (κ3) is 7.20. The van der Waals surface area contributed by atoms with Gasteiger partial charge in [0.25, 0.3) is 0 Å². The van der Waals surface area contributed by atoms with Gasteiger partial charge in [-0.25, -0.2) is 0 Å². The topological polar surface area (TPSA) is 20.2 Å². The van der Waals surface area contributed by atoms with Crippen molar-refractivity contribution in [3.05, 3.63) is 35.9 Å². The molecule has 0 amide bonds. The lowest BCUT2D eigenvalue weighted by molar-refractivity contribution is 0.174. The molecular formula is C17H26OSi. The molecule has 19 heavy (non-hydrogen) atoms. The van der Waals surface area contributed by atoms with Crippen molar-refractivity contribution in [2.24, 2.45) is 0 Å². The van der Waals surface area contributed by atoms with Crippen LogP contribution in [0.15, 0.2) is 30.3 Å². The smallest absolute Gasteiger partial charge is 0.0573 e. The maximum atomic E-state index is 9.63. The summed E-state index contributed by atoms with van der Waals surface area (Å²) in [5.41, 5.74) is 1.28. The molecule has 0 fully saturated rings. The number of aliphatic hydroxyl groups is 1. The minimum Gasteiger partial charge on any atom is -0.393 e. The molecule has 0 radical (unpaired) electrons. The molecule has 0 saturated carbocycles. The van der Waals surface area contributed by atoms with Crippen molar-refractivity contribution < 1.29 is 5.11 Å². The van der Waals surface area contributed by atoms with E-state index in [9.17, 15) is 5.11 Å². The molecule has 0 heterocycles. The second-order valence-electron chi connectivity index (χ2n) is 6.49. The number of hydrogen-bond donors (Lipinski definition) is 1. The Labute approximate surface area is 119 Å². The Morgan fingerprint density at radius 1 is 1.11 bits per heavy atom. The van der Waals surface area contributed by atoms with Gasteiger partial charge >= 0.3 is 0 Å². The molecule has 0 bridgehead atoms. The number of rotatable bonds is 5. The number of hydrogen-bond acceptors (Lipinski definition) is 1. The first-order valence-corrected chi connectivity index (χ1v) is 10.8. The maximum Gasteiger partial charge on any atom is 0.0573 e. The molecule has 2 unspecified atom stereocenters. The molecule has 2 heteroatoms. The molecule has 1 aromatic rings. The molecule has 0 aliphatic carbocycles. The fraction of sp³-hybridized carbons (Fsp3) is 0.529. The van der Waals surface area contributed by atoms with E-state index < -0.39 is 8.07 Å². The van der Waals surface area contributed by atoms with E-state index in [-0.39, 0.29) is 6.10 Å². The van der Waals surface area contributed by atoms with E-state index >= 15 is 0 Å². The summed E-state index contributed by atoms with van der Waals surface area (Å²) in [6.45, 7) is 8.87. The third-order valence-corrected chi connectivity index (χ3v) is 4.23. The average Bonchev–Trinajstić information content (AvgIpc) is 2.32. The van der Waals surface area contributed by atoms with Crippen LogP contribution in [0.4, 0.5) is 0 Å². The lowest BCUT2D eigenvalue weighted by Gasteiger charge is -2.16. The summed E-state index contributed by atoms with van der Waals surface area (Å²) in [6.07, 6.45) is 1.36. The fourth-order valence-electron chi connectivity index (χ4n) is 2.00. The molecular weight excluding hydrogens is 248 g/mol. The van der Waals surface area contributed by atoms with Crippen LogP contribution < -0.4 is 0 Å². The molecule has 1 nitrogen and oxygen atoms in total. The van der Waals surface area contributed by atoms with Gasteiger partial charge in [0, 0.05) is 12.5 Å². The zero-order chi connectivity index (χ0) is 14.3. The van der Waals surface area contributed by atoms with Crippen molar-refractivity contribution in [1.29, 1.82) is 0 Å². The number of benzene rings is 1. The highest BCUT2D eigenvalue weighted by molar-refractivity contribution is 6.76. The summed E-state index contributed by atoms with van der Waals surface area (Å²) in [6, 6.07) is 11.5. The van der Waals surface area contributed by atoms with Gasteiger partial charge in [-0.1, -0.05) is 50.0 Å². The minimum atomic E-state index is -1.06. The van der Waals surface area contributed by atoms with Crippen molar-refractivity contribution in [2.75, 3.05) is 0 Å². The molecule has 104 valence electrons. The molecule has 0 aliphatic heterocycles. The second kappa shape index (κ2) is 7.52. The summed E-state index contributed by atoms with van der Waals surface area (Å²) < 4.78 is 0. The van der Waals surface area contributed by atoms with E-state index in [4.69, 9.17) is 0 Å². The molecule has 2 atom stereocenters. The van der Waals surface area contributed by atoms with Gasteiger partial charge in [-0.05, 0) is 24.8 Å². The monoisotopic (exact) mass is 274 g/mol. The highest BCUT2D eigenvalue weighted by Crippen LogP contribution is 2.24. The first kappa shape index (κ1) is 16.0. The van der Waals surface area contributed by atoms with E-state index in [2.05, 4.69) is 55.7 Å². The maximum absolute atomic E-state index is 9.63. The predicted octanol–water partition coefficient (Wildman–Crippen LogP) is 4.27. The van der Waals surface area contributed by atoms with Crippen molar-refractivity contribution in [3.63, 3.8) is 0 Å². The van der Waals surface area contributed by atoms with Crippen molar-refractivity contribution in [3.8, 4) is 11.8 Å². The molecule has 0 spiro atoms. The Bertz CT molecular complexity index is 420. The molecule has 1 aromatic carbocycles. The molecule has 0 saturated heterocycles. The van der Waals surface area contributed by atoms with Gasteiger partial charge in [-0.3, -0.25) is 0 Å². The Morgan fingerprint density at radius 3 is 2.26 bits per heavy atom. The summed E-state index contributed by atoms with van der Waals surface area (Å²) in [7, 11) is -1.06. The van der Waals surface area contributed by atoms with Crippen LogP contribution in [0.25, 0.3) is 0 Å². The van der Waals surface area contributed by atoms with Crippen molar-refractivity contribution in [1.82, 2.24) is 0 Å². The van der Waals surface area contributed by atoms with Crippen LogP contribution in [-0.2, 0) is 0 Å². The molecule has 1 rings (SSSR count). The van der Waals surface area contributed by atoms with Gasteiger partial charge < -0.3 is 5.11 Å². The highest BCUT2D eigenvalue weighted by atomic mass is 28.3. The van der Waals surface area contributed by atoms with E-state index in [1.807, 2.05) is 13.0 Å². The lowest BCUT2D eigenvalue weighted by Crippen LogP contribution is -2.17. The van der Waals surface area contributed by atoms with Crippen LogP contribution in [0, 0.1) is 11.8 Å². The van der Waals surface area contributed by atoms with E-state index in [0.717, 1.165) is 18.9 Å². The minimum absolute atomic E-state index is 0.274. The van der Waals surface area contributed by atoms with Crippen LogP contribution in [0.2, 0.25) is 25.7 Å². The van der Waals surface area contributed by atoms with Gasteiger partial charge in [-0.2, -0.15) is 0 Å². The van der Waals surface area contributed by atoms with Gasteiger partial charge in [0.1, 0.15) is 0 Å². The van der Waals surface area contributed by atoms with Crippen LogP contribution in [0.3, 0.4) is 0 Å². The van der Waals surface area contributed by atoms with Gasteiger partial charge in [0.2, 0.25) is 0 Å². The van der Waals surface area contributed by atoms with Gasteiger partial charge in [0.15, 0.2) is 0 Å². The standard InChI is InChI=1S/C17H26OSi/c1-15(18)14-17(16-10-6-5-7-11-16)12-8-9-13-19(2,3)4/h5-7,10-11,15,17-18H,12-14H2,1-4H3. The van der Waals surface area contributed by atoms with Gasteiger partial charge in [0.05, 0.1) is 14.2 Å². The zero-order valence-electron chi connectivity index (χ0n) is 12.6. The van der Waals surface area contributed by atoms with Crippen LogP contribution in [0.1, 0.15) is 31.2 Å². The predicted molar refractivity (Wildman–Crippen MR) is 86.0 cm³/mol. The molecule has 0 aromatic heterocycles. The van der Waals surface area contributed by atoms with E-state index in [0.29, 0.717) is 5.92 Å². The summed E-state index contributed by atoms with van der Waals surface area (Å²) in [4.78, 5) is 0. The highest BCUT2D eigenvalue weighted by Gasteiger charge is 2.13. The van der Waals surface area contributed by atoms with Crippen LogP contribution >= 0.6 is 0 Å². The Balaban J connectivity index is 2.66. The first-order chi connectivity index (χ1) is 8.88. The van der Waals surface area contributed by atoms with E-state index in [1.165, 1.54) is 5.56 Å². The Hall–Kier alpha value is -1.04. The average molecular weight is 274 g/mol. The second-order valence-corrected chi connectivity index (χ2v) is 12.0. The van der Waals surface area contributed by atoms with E-state index in [1.54, 1.807) is 0 Å². The largest absolute Gasteiger partial charge is 0.393 e. The summed E-state index contributed by atoms with van der Waals surface area (Å²) in [5.74, 6) is 6.99. The van der Waals surface area contributed by atoms with Crippen molar-refractivity contribution >= 4 is 8.07 Å². The zero-order valence-corrected chi connectivity index (χ0v) is 13.6. The lowest BCUT2D eigenvalue weighted by atomic mass is 9.91. The first-order valence-electron chi connectivity index (χ1n) is 7.07. The van der Waals surface area contributed by atoms with Crippen LogP contribution in [0.5, 0.6) is 0 Å². The molecule has 0 aliphatic rings. The SMILES string of the molecule is CC(O)CC(CC#CC[Si](C)(C)C)c1ccccc1. The Morgan fingerprint density at radius 2 is 1.74 bits per heavy atom. The van der Waals surface area contributed by atoms with Crippen molar-refractivity contribution in [2.45, 2.75) is 57.5 Å². The third-order valence-electron chi connectivity index (χ3n) is 2.99.